The van der Waals surface area contributed by atoms with Crippen molar-refractivity contribution in [3.8, 4) is 0 Å². The van der Waals surface area contributed by atoms with Crippen LogP contribution in [0.2, 0.25) is 5.02 Å². The van der Waals surface area contributed by atoms with Gasteiger partial charge in [-0.25, -0.2) is 4.39 Å². The van der Waals surface area contributed by atoms with Gasteiger partial charge in [0, 0.05) is 57.1 Å². The highest BCUT2D eigenvalue weighted by molar-refractivity contribution is 6.31. The number of nitrogens with zero attached hydrogens (tertiary/aromatic N) is 2. The van der Waals surface area contributed by atoms with Crippen LogP contribution in [0.3, 0.4) is 0 Å². The lowest BCUT2D eigenvalue weighted by Gasteiger charge is -2.31. The van der Waals surface area contributed by atoms with E-state index >= 15 is 0 Å². The highest BCUT2D eigenvalue weighted by atomic mass is 35.5. The van der Waals surface area contributed by atoms with Gasteiger partial charge < -0.3 is 9.88 Å². The molecule has 1 fully saturated rings. The Bertz CT molecular complexity index is 1300. The zero-order valence-corrected chi connectivity index (χ0v) is 19.4. The fourth-order valence-corrected chi connectivity index (χ4v) is 5.20. The normalized spacial score (nSPS) is 15.4. The molecule has 0 unspecified atom stereocenters. The zero-order valence-electron chi connectivity index (χ0n) is 18.7. The molecule has 33 heavy (non-hydrogen) atoms. The molecule has 6 heteroatoms. The van der Waals surface area contributed by atoms with Crippen molar-refractivity contribution < 1.29 is 9.18 Å². The number of fused-ring (bicyclic) bond motifs is 3. The maximum Gasteiger partial charge on any atom is 0.227 e. The van der Waals surface area contributed by atoms with Gasteiger partial charge in [0.2, 0.25) is 5.91 Å². The van der Waals surface area contributed by atoms with Crippen LogP contribution in [0.5, 0.6) is 0 Å². The van der Waals surface area contributed by atoms with Crippen molar-refractivity contribution >= 4 is 45.0 Å². The number of nitrogens with one attached hydrogen (secondary N) is 1. The fraction of sp³-hybridized carbons (Fsp3) is 0.296. The van der Waals surface area contributed by atoms with E-state index in [0.29, 0.717) is 17.1 Å². The third-order valence-electron chi connectivity index (χ3n) is 6.76. The number of benzene rings is 3. The first-order valence-electron chi connectivity index (χ1n) is 11.5. The first-order chi connectivity index (χ1) is 16.0. The van der Waals surface area contributed by atoms with Gasteiger partial charge in [-0.1, -0.05) is 35.9 Å². The van der Waals surface area contributed by atoms with Crippen LogP contribution in [-0.2, 0) is 17.9 Å². The molecule has 1 aromatic heterocycles. The van der Waals surface area contributed by atoms with E-state index < -0.39 is 0 Å². The molecule has 2 heterocycles. The topological polar surface area (TPSA) is 37.3 Å². The maximum atomic E-state index is 14.1. The molecule has 0 atom stereocenters. The summed E-state index contributed by atoms with van der Waals surface area (Å²) in [4.78, 5) is 15.2. The quantitative estimate of drug-likeness (QED) is 0.369. The fourth-order valence-electron chi connectivity index (χ4n) is 4.98. The smallest absolute Gasteiger partial charge is 0.227 e. The highest BCUT2D eigenvalue weighted by Crippen LogP contribution is 2.31. The molecule has 1 aliphatic rings. The minimum absolute atomic E-state index is 0.0509. The number of hydrogen-bond acceptors (Lipinski definition) is 2. The van der Waals surface area contributed by atoms with Gasteiger partial charge in [-0.15, -0.1) is 0 Å². The van der Waals surface area contributed by atoms with Crippen LogP contribution in [0.4, 0.5) is 10.1 Å². The molecule has 0 aliphatic carbocycles. The summed E-state index contributed by atoms with van der Waals surface area (Å²) < 4.78 is 16.4. The Hall–Kier alpha value is -2.89. The van der Waals surface area contributed by atoms with Crippen LogP contribution >= 0.6 is 11.6 Å². The van der Waals surface area contributed by atoms with E-state index in [-0.39, 0.29) is 17.6 Å². The molecule has 0 radical (unpaired) electrons. The highest BCUT2D eigenvalue weighted by Gasteiger charge is 2.26. The number of anilines is 1. The average molecular weight is 464 g/mol. The minimum Gasteiger partial charge on any atom is -0.341 e. The summed E-state index contributed by atoms with van der Waals surface area (Å²) in [7, 11) is 0. The average Bonchev–Trinajstić information content (AvgIpc) is 3.15. The molecule has 170 valence electrons. The summed E-state index contributed by atoms with van der Waals surface area (Å²) in [6.45, 7) is 5.00. The van der Waals surface area contributed by atoms with E-state index in [9.17, 15) is 9.18 Å². The summed E-state index contributed by atoms with van der Waals surface area (Å²) in [5.74, 6) is -0.274. The van der Waals surface area contributed by atoms with Gasteiger partial charge in [0.05, 0.1) is 0 Å². The molecular weight excluding hydrogens is 437 g/mol. The molecule has 4 nitrogen and oxygen atoms in total. The van der Waals surface area contributed by atoms with E-state index in [1.807, 2.05) is 6.07 Å². The number of para-hydroxylation sites is 1. The Morgan fingerprint density at radius 1 is 1.03 bits per heavy atom. The van der Waals surface area contributed by atoms with Crippen molar-refractivity contribution in [3.05, 3.63) is 77.1 Å². The van der Waals surface area contributed by atoms with Gasteiger partial charge in [0.15, 0.2) is 0 Å². The SMILES string of the molecule is CCn1c2ccccc2c2cc(NC(=O)C3CCN(Cc4c(F)cccc4Cl)CC3)ccc21. The van der Waals surface area contributed by atoms with Crippen LogP contribution < -0.4 is 5.32 Å². The van der Waals surface area contributed by atoms with Crippen molar-refractivity contribution in [3.63, 3.8) is 0 Å². The lowest BCUT2D eigenvalue weighted by Crippen LogP contribution is -2.38. The second-order valence-electron chi connectivity index (χ2n) is 8.73. The van der Waals surface area contributed by atoms with Gasteiger partial charge in [0.1, 0.15) is 5.82 Å². The molecule has 1 N–H and O–H groups in total. The molecule has 5 rings (SSSR count). The Morgan fingerprint density at radius 2 is 1.79 bits per heavy atom. The van der Waals surface area contributed by atoms with Gasteiger partial charge >= 0.3 is 0 Å². The second-order valence-corrected chi connectivity index (χ2v) is 9.14. The van der Waals surface area contributed by atoms with Crippen molar-refractivity contribution in [1.82, 2.24) is 9.47 Å². The monoisotopic (exact) mass is 463 g/mol. The summed E-state index contributed by atoms with van der Waals surface area (Å²) in [6, 6.07) is 19.3. The number of carbonyl (C=O) groups is 1. The number of amides is 1. The Morgan fingerprint density at radius 3 is 2.55 bits per heavy atom. The van der Waals surface area contributed by atoms with Crippen molar-refractivity contribution in [1.29, 1.82) is 0 Å². The van der Waals surface area contributed by atoms with Crippen LogP contribution in [0, 0.1) is 11.7 Å². The second kappa shape index (κ2) is 9.16. The van der Waals surface area contributed by atoms with Gasteiger partial charge in [-0.3, -0.25) is 9.69 Å². The van der Waals surface area contributed by atoms with Crippen molar-refractivity contribution in [2.45, 2.75) is 32.9 Å². The van der Waals surface area contributed by atoms with Crippen molar-refractivity contribution in [2.24, 2.45) is 5.92 Å². The van der Waals surface area contributed by atoms with Crippen LogP contribution in [0.25, 0.3) is 21.8 Å². The number of aromatic nitrogens is 1. The standard InChI is InChI=1S/C27H27ClFN3O/c1-2-32-25-9-4-3-6-20(25)21-16-19(10-11-26(21)32)30-27(33)18-12-14-31(15-13-18)17-22-23(28)7-5-8-24(22)29/h3-11,16,18H,2,12-15,17H2,1H3,(H,30,33). The van der Waals surface area contributed by atoms with E-state index in [0.717, 1.165) is 43.5 Å². The molecule has 1 amide bonds. The lowest BCUT2D eigenvalue weighted by molar-refractivity contribution is -0.121. The Kier molecular flexibility index (Phi) is 6.09. The maximum absolute atomic E-state index is 14.1. The van der Waals surface area contributed by atoms with E-state index in [1.165, 1.54) is 22.5 Å². The first kappa shape index (κ1) is 21.9. The number of rotatable bonds is 5. The molecule has 1 saturated heterocycles. The van der Waals surface area contributed by atoms with Crippen LogP contribution in [0.15, 0.2) is 60.7 Å². The van der Waals surface area contributed by atoms with Crippen molar-refractivity contribution in [2.75, 3.05) is 18.4 Å². The number of halogens is 2. The van der Waals surface area contributed by atoms with Gasteiger partial charge in [0.25, 0.3) is 0 Å². The summed E-state index contributed by atoms with van der Waals surface area (Å²) >= 11 is 6.17. The predicted octanol–water partition coefficient (Wildman–Crippen LogP) is 6.46. The molecule has 1 aliphatic heterocycles. The number of carbonyl (C=O) groups excluding carboxylic acids is 1. The lowest BCUT2D eigenvalue weighted by atomic mass is 9.95. The van der Waals surface area contributed by atoms with E-state index in [1.54, 1.807) is 12.1 Å². The first-order valence-corrected chi connectivity index (χ1v) is 11.9. The number of piperidine rings is 1. The molecule has 4 aromatic rings. The van der Waals surface area contributed by atoms with E-state index in [4.69, 9.17) is 11.6 Å². The minimum atomic E-state index is -0.276. The molecular formula is C27H27ClFN3O. The number of hydrogen-bond donors (Lipinski definition) is 1. The Balaban J connectivity index is 1.26. The molecule has 3 aromatic carbocycles. The van der Waals surface area contributed by atoms with Crippen LogP contribution in [0.1, 0.15) is 25.3 Å². The molecule has 0 spiro atoms. The third-order valence-corrected chi connectivity index (χ3v) is 7.11. The summed E-state index contributed by atoms with van der Waals surface area (Å²) in [5, 5.41) is 5.94. The van der Waals surface area contributed by atoms with Gasteiger partial charge in [-0.05, 0) is 69.3 Å². The molecule has 0 bridgehead atoms. The summed E-state index contributed by atoms with van der Waals surface area (Å²) in [5.41, 5.74) is 3.74. The summed E-state index contributed by atoms with van der Waals surface area (Å²) in [6.07, 6.45) is 1.49. The largest absolute Gasteiger partial charge is 0.341 e. The van der Waals surface area contributed by atoms with E-state index in [2.05, 4.69) is 58.1 Å². The van der Waals surface area contributed by atoms with Gasteiger partial charge in [-0.2, -0.15) is 0 Å². The third kappa shape index (κ3) is 4.23. The predicted molar refractivity (Wildman–Crippen MR) is 133 cm³/mol. The van der Waals surface area contributed by atoms with Crippen LogP contribution in [-0.4, -0.2) is 28.5 Å². The number of likely N-dealkylation sites (tertiary alicyclic amines) is 1. The number of aryl methyl sites for hydroxylation is 1. The Labute approximate surface area is 197 Å². The zero-order chi connectivity index (χ0) is 22.9. The molecule has 0 saturated carbocycles.